The molecule has 1 aromatic carbocycles. The highest BCUT2D eigenvalue weighted by Gasteiger charge is 2.38. The number of carbonyl (C=O) groups is 3. The Labute approximate surface area is 197 Å². The Morgan fingerprint density at radius 3 is 2.33 bits per heavy atom. The second-order valence-corrected chi connectivity index (χ2v) is 9.96. The fraction of sp³-hybridized carbons (Fsp3) is 0.640. The Bertz CT molecular complexity index is 757. The van der Waals surface area contributed by atoms with Gasteiger partial charge < -0.3 is 10.2 Å². The second-order valence-electron chi connectivity index (χ2n) is 9.96. The number of nitrogens with one attached hydrogen (secondary N) is 1. The van der Waals surface area contributed by atoms with E-state index < -0.39 is 17.4 Å². The molecule has 1 heterocycles. The first-order valence-electron chi connectivity index (χ1n) is 11.9. The second kappa shape index (κ2) is 12.7. The van der Waals surface area contributed by atoms with Crippen molar-refractivity contribution in [1.29, 1.82) is 0 Å². The van der Waals surface area contributed by atoms with Gasteiger partial charge in [0.05, 0.1) is 12.5 Å². The van der Waals surface area contributed by atoms with Gasteiger partial charge in [-0.25, -0.2) is 5.06 Å². The van der Waals surface area contributed by atoms with E-state index in [9.17, 15) is 19.6 Å². The molecule has 33 heavy (non-hydrogen) atoms. The lowest BCUT2D eigenvalue weighted by Gasteiger charge is -2.40. The molecule has 1 aliphatic heterocycles. The summed E-state index contributed by atoms with van der Waals surface area (Å²) in [5.74, 6) is -0.957. The molecule has 3 amide bonds. The molecule has 1 aliphatic rings. The summed E-state index contributed by atoms with van der Waals surface area (Å²) in [6, 6.07) is 9.60. The van der Waals surface area contributed by atoms with Gasteiger partial charge in [0.25, 0.3) is 0 Å². The minimum Gasteiger partial charge on any atom is -0.344 e. The number of hydroxylamine groups is 2. The van der Waals surface area contributed by atoms with Crippen LogP contribution in [0.1, 0.15) is 52.5 Å². The van der Waals surface area contributed by atoms with Crippen molar-refractivity contribution in [3.05, 3.63) is 35.9 Å². The van der Waals surface area contributed by atoms with Crippen LogP contribution in [-0.4, -0.2) is 77.1 Å². The van der Waals surface area contributed by atoms with Crippen LogP contribution in [0.3, 0.4) is 0 Å². The van der Waals surface area contributed by atoms with Crippen LogP contribution in [0.15, 0.2) is 30.3 Å². The average molecular weight is 461 g/mol. The number of carbonyl (C=O) groups excluding carboxylic acids is 3. The van der Waals surface area contributed by atoms with Gasteiger partial charge in [-0.1, -0.05) is 70.9 Å². The lowest BCUT2D eigenvalue weighted by atomic mass is 9.85. The molecule has 8 nitrogen and oxygen atoms in total. The van der Waals surface area contributed by atoms with Crippen LogP contribution in [0.5, 0.6) is 0 Å². The normalized spacial score (nSPS) is 16.7. The number of benzene rings is 1. The number of unbranched alkanes of at least 4 members (excludes halogenated alkanes) is 1. The van der Waals surface area contributed by atoms with Crippen LogP contribution in [0.4, 0.5) is 0 Å². The zero-order valence-corrected chi connectivity index (χ0v) is 20.5. The Kier molecular flexibility index (Phi) is 10.3. The molecule has 0 spiro atoms. The van der Waals surface area contributed by atoms with Crippen LogP contribution in [0.25, 0.3) is 0 Å². The number of hydrogen-bond donors (Lipinski definition) is 2. The number of piperazine rings is 1. The third-order valence-corrected chi connectivity index (χ3v) is 6.14. The summed E-state index contributed by atoms with van der Waals surface area (Å²) in [7, 11) is 0. The van der Waals surface area contributed by atoms with Gasteiger partial charge in [0, 0.05) is 32.7 Å². The standard InChI is InChI=1S/C25H40N4O4/c1-5-6-12-21(18-29(33)19-30)23(31)26-22(25(2,3)4)24(32)28-15-13-27(14-16-28)17-20-10-8-7-9-11-20/h7-11,19,21-22,33H,5-6,12-18H2,1-4H3,(H,26,31)/t21?,22-/m1/s1. The fourth-order valence-electron chi connectivity index (χ4n) is 4.08. The molecule has 1 unspecified atom stereocenters. The van der Waals surface area contributed by atoms with E-state index in [1.54, 1.807) is 0 Å². The van der Waals surface area contributed by atoms with Gasteiger partial charge in [-0.15, -0.1) is 0 Å². The molecule has 0 radical (unpaired) electrons. The first kappa shape index (κ1) is 26.8. The third-order valence-electron chi connectivity index (χ3n) is 6.14. The molecule has 184 valence electrons. The Morgan fingerprint density at radius 2 is 1.79 bits per heavy atom. The van der Waals surface area contributed by atoms with Crippen molar-refractivity contribution in [3.63, 3.8) is 0 Å². The maximum atomic E-state index is 13.4. The third kappa shape index (κ3) is 8.44. The number of rotatable bonds is 11. The molecule has 2 atom stereocenters. The molecule has 1 fully saturated rings. The Balaban J connectivity index is 2.01. The summed E-state index contributed by atoms with van der Waals surface area (Å²) >= 11 is 0. The van der Waals surface area contributed by atoms with E-state index in [1.165, 1.54) is 5.56 Å². The lowest BCUT2D eigenvalue weighted by Crippen LogP contribution is -2.59. The SMILES string of the molecule is CCCCC(CN(O)C=O)C(=O)N[C@H](C(=O)N1CCN(Cc2ccccc2)CC1)C(C)(C)C. The number of nitrogens with zero attached hydrogens (tertiary/aromatic N) is 3. The monoisotopic (exact) mass is 460 g/mol. The van der Waals surface area contributed by atoms with Crippen molar-refractivity contribution >= 4 is 18.2 Å². The van der Waals surface area contributed by atoms with E-state index in [-0.39, 0.29) is 18.4 Å². The summed E-state index contributed by atoms with van der Waals surface area (Å²) in [6.07, 6.45) is 2.53. The molecule has 0 aliphatic carbocycles. The zero-order valence-electron chi connectivity index (χ0n) is 20.5. The zero-order chi connectivity index (χ0) is 24.4. The summed E-state index contributed by atoms with van der Waals surface area (Å²) < 4.78 is 0. The predicted molar refractivity (Wildman–Crippen MR) is 127 cm³/mol. The smallest absolute Gasteiger partial charge is 0.245 e. The van der Waals surface area contributed by atoms with Gasteiger partial charge in [0.2, 0.25) is 18.2 Å². The summed E-state index contributed by atoms with van der Waals surface area (Å²) in [4.78, 5) is 41.5. The summed E-state index contributed by atoms with van der Waals surface area (Å²) in [5.41, 5.74) is 0.774. The van der Waals surface area contributed by atoms with Crippen molar-refractivity contribution in [1.82, 2.24) is 20.2 Å². The van der Waals surface area contributed by atoms with Crippen LogP contribution >= 0.6 is 0 Å². The largest absolute Gasteiger partial charge is 0.344 e. The molecule has 0 aromatic heterocycles. The van der Waals surface area contributed by atoms with E-state index in [0.717, 1.165) is 32.5 Å². The fourth-order valence-corrected chi connectivity index (χ4v) is 4.08. The van der Waals surface area contributed by atoms with Crippen LogP contribution in [0.2, 0.25) is 0 Å². The van der Waals surface area contributed by atoms with Crippen LogP contribution < -0.4 is 5.32 Å². The Morgan fingerprint density at radius 1 is 1.15 bits per heavy atom. The van der Waals surface area contributed by atoms with E-state index in [0.29, 0.717) is 31.0 Å². The van der Waals surface area contributed by atoms with Crippen molar-refractivity contribution in [2.45, 2.75) is 59.5 Å². The highest BCUT2D eigenvalue weighted by molar-refractivity contribution is 5.89. The highest BCUT2D eigenvalue weighted by Crippen LogP contribution is 2.23. The van der Waals surface area contributed by atoms with Gasteiger partial charge in [-0.2, -0.15) is 0 Å². The van der Waals surface area contributed by atoms with Crippen molar-refractivity contribution in [2.24, 2.45) is 11.3 Å². The quantitative estimate of drug-likeness (QED) is 0.301. The molecule has 2 N–H and O–H groups in total. The maximum absolute atomic E-state index is 13.4. The van der Waals surface area contributed by atoms with E-state index in [1.807, 2.05) is 50.8 Å². The predicted octanol–water partition coefficient (Wildman–Crippen LogP) is 2.52. The molecule has 2 rings (SSSR count). The lowest BCUT2D eigenvalue weighted by molar-refractivity contribution is -0.155. The van der Waals surface area contributed by atoms with E-state index >= 15 is 0 Å². The summed E-state index contributed by atoms with van der Waals surface area (Å²) in [5, 5.41) is 13.1. The van der Waals surface area contributed by atoms with Gasteiger partial charge in [0.1, 0.15) is 6.04 Å². The molecule has 0 saturated carbocycles. The first-order chi connectivity index (χ1) is 15.7. The topological polar surface area (TPSA) is 93.2 Å². The van der Waals surface area contributed by atoms with Gasteiger partial charge in [0.15, 0.2) is 0 Å². The Hall–Kier alpha value is -2.45. The van der Waals surface area contributed by atoms with Crippen molar-refractivity contribution in [2.75, 3.05) is 32.7 Å². The minimum atomic E-state index is -0.682. The summed E-state index contributed by atoms with van der Waals surface area (Å²) in [6.45, 7) is 11.4. The van der Waals surface area contributed by atoms with E-state index in [4.69, 9.17) is 0 Å². The van der Waals surface area contributed by atoms with Crippen LogP contribution in [-0.2, 0) is 20.9 Å². The molecule has 1 aromatic rings. The highest BCUT2D eigenvalue weighted by atomic mass is 16.5. The van der Waals surface area contributed by atoms with Gasteiger partial charge in [-0.3, -0.25) is 24.5 Å². The van der Waals surface area contributed by atoms with E-state index in [2.05, 4.69) is 22.3 Å². The molecule has 8 heteroatoms. The number of hydrogen-bond acceptors (Lipinski definition) is 5. The van der Waals surface area contributed by atoms with Gasteiger partial charge in [-0.05, 0) is 17.4 Å². The molecular weight excluding hydrogens is 420 g/mol. The van der Waals surface area contributed by atoms with Crippen LogP contribution in [0, 0.1) is 11.3 Å². The van der Waals surface area contributed by atoms with Crippen molar-refractivity contribution in [3.8, 4) is 0 Å². The minimum absolute atomic E-state index is 0.0827. The molecular formula is C25H40N4O4. The molecule has 1 saturated heterocycles. The average Bonchev–Trinajstić information content (AvgIpc) is 2.79. The van der Waals surface area contributed by atoms with Crippen molar-refractivity contribution < 1.29 is 19.6 Å². The molecule has 0 bridgehead atoms. The first-order valence-corrected chi connectivity index (χ1v) is 11.9. The number of amides is 3. The maximum Gasteiger partial charge on any atom is 0.245 e. The van der Waals surface area contributed by atoms with Gasteiger partial charge >= 0.3 is 0 Å².